The van der Waals surface area contributed by atoms with Crippen molar-refractivity contribution in [3.8, 4) is 11.6 Å². The summed E-state index contributed by atoms with van der Waals surface area (Å²) in [7, 11) is 0. The lowest BCUT2D eigenvalue weighted by molar-refractivity contribution is -0.165. The number of carbonyl (C=O) groups excluding carboxylic acids is 1. The van der Waals surface area contributed by atoms with Gasteiger partial charge in [0.05, 0.1) is 41.7 Å². The molecule has 3 aromatic heterocycles. The van der Waals surface area contributed by atoms with E-state index < -0.39 is 0 Å². The number of aliphatic hydroxyl groups is 1. The van der Waals surface area contributed by atoms with Crippen LogP contribution in [-0.2, 0) is 22.5 Å². The lowest BCUT2D eigenvalue weighted by atomic mass is 9.69. The summed E-state index contributed by atoms with van der Waals surface area (Å²) in [4.78, 5) is 24.9. The van der Waals surface area contributed by atoms with Crippen LogP contribution in [0.1, 0.15) is 49.8 Å². The van der Waals surface area contributed by atoms with Gasteiger partial charge in [0.25, 0.3) is 5.91 Å². The van der Waals surface area contributed by atoms with E-state index in [0.29, 0.717) is 73.1 Å². The van der Waals surface area contributed by atoms with Gasteiger partial charge >= 0.3 is 0 Å². The first-order valence-electron chi connectivity index (χ1n) is 13.5. The molecule has 0 atom stereocenters. The molecule has 0 aromatic carbocycles. The highest BCUT2D eigenvalue weighted by molar-refractivity contribution is 5.94. The Morgan fingerprint density at radius 1 is 1.15 bits per heavy atom. The molecule has 1 amide bonds. The first-order valence-corrected chi connectivity index (χ1v) is 13.5. The van der Waals surface area contributed by atoms with E-state index in [-0.39, 0.29) is 36.1 Å². The Bertz CT molecular complexity index is 1360. The van der Waals surface area contributed by atoms with Gasteiger partial charge in [0.2, 0.25) is 5.88 Å². The topological polar surface area (TPSA) is 128 Å². The Labute approximate surface area is 225 Å². The predicted octanol–water partition coefficient (Wildman–Crippen LogP) is 3.06. The summed E-state index contributed by atoms with van der Waals surface area (Å²) in [6.07, 6.45) is 6.63. The molecule has 39 heavy (non-hydrogen) atoms. The van der Waals surface area contributed by atoms with Crippen LogP contribution in [0.15, 0.2) is 30.5 Å². The van der Waals surface area contributed by atoms with Crippen LogP contribution < -0.4 is 20.1 Å². The van der Waals surface area contributed by atoms with Crippen LogP contribution in [0.2, 0.25) is 0 Å². The maximum Gasteiger partial charge on any atom is 0.263 e. The molecular formula is C28H32FN5O5. The minimum atomic E-state index is -0.374. The van der Waals surface area contributed by atoms with E-state index in [9.17, 15) is 9.18 Å². The molecule has 1 saturated carbocycles. The predicted molar refractivity (Wildman–Crippen MR) is 140 cm³/mol. The van der Waals surface area contributed by atoms with Gasteiger partial charge in [-0.3, -0.25) is 9.78 Å². The molecule has 6 heterocycles. The van der Waals surface area contributed by atoms with Crippen molar-refractivity contribution in [2.45, 2.75) is 62.6 Å². The number of fused-ring (bicyclic) bond motifs is 5. The fourth-order valence-electron chi connectivity index (χ4n) is 5.68. The number of nitrogens with zero attached hydrogens (tertiary/aromatic N) is 3. The highest BCUT2D eigenvalue weighted by Crippen LogP contribution is 2.46. The molecule has 3 N–H and O–H groups in total. The minimum absolute atomic E-state index is 0.00981. The summed E-state index contributed by atoms with van der Waals surface area (Å²) >= 11 is 0. The number of hydrogen-bond donors (Lipinski definition) is 3. The lowest BCUT2D eigenvalue weighted by Gasteiger charge is -2.53. The van der Waals surface area contributed by atoms with Crippen LogP contribution in [0.3, 0.4) is 0 Å². The quantitative estimate of drug-likeness (QED) is 0.334. The summed E-state index contributed by atoms with van der Waals surface area (Å²) in [6, 6.07) is 7.24. The Balaban J connectivity index is 1.08. The van der Waals surface area contributed by atoms with Crippen LogP contribution in [0.25, 0.3) is 11.0 Å². The van der Waals surface area contributed by atoms with Crippen molar-refractivity contribution in [3.63, 3.8) is 0 Å². The smallest absolute Gasteiger partial charge is 0.263 e. The van der Waals surface area contributed by atoms with E-state index >= 15 is 0 Å². The number of amides is 1. The standard InChI is InChI=1S/C28H32FN5O5/c29-20-15-30-21-3-5-24(37-13-1-12-35)34-25(21)19(20)6-7-28-10-8-27(9-11-28,17-39-28)31-14-18-2-4-22-26(32-18)33-23(36)16-38-22/h2-5,15,31,35H,1,6-14,16-17H2,(H,32,33,36). The molecule has 7 rings (SSSR count). The zero-order valence-corrected chi connectivity index (χ0v) is 21.7. The van der Waals surface area contributed by atoms with Crippen molar-refractivity contribution >= 4 is 22.8 Å². The minimum Gasteiger partial charge on any atom is -0.480 e. The van der Waals surface area contributed by atoms with Crippen molar-refractivity contribution < 1.29 is 28.5 Å². The van der Waals surface area contributed by atoms with E-state index in [4.69, 9.17) is 19.3 Å². The molecule has 3 aliphatic heterocycles. The molecule has 3 fully saturated rings. The Hall–Kier alpha value is -3.41. The van der Waals surface area contributed by atoms with Crippen LogP contribution in [0.4, 0.5) is 10.2 Å². The summed E-state index contributed by atoms with van der Waals surface area (Å²) in [5.41, 5.74) is 2.07. The monoisotopic (exact) mass is 537 g/mol. The second kappa shape index (κ2) is 10.6. The fraction of sp³-hybridized carbons (Fsp3) is 0.500. The van der Waals surface area contributed by atoms with Crippen molar-refractivity contribution in [2.24, 2.45) is 0 Å². The second-order valence-electron chi connectivity index (χ2n) is 10.6. The number of halogens is 1. The SMILES string of the molecule is O=C1COc2ccc(CNC34CCC(CCc5c(F)cnc6ccc(OCCCO)nc56)(CC3)OC4)nc2N1. The van der Waals surface area contributed by atoms with E-state index in [1.165, 1.54) is 6.20 Å². The van der Waals surface area contributed by atoms with Gasteiger partial charge < -0.3 is 30.0 Å². The number of hydrogen-bond acceptors (Lipinski definition) is 9. The number of ether oxygens (including phenoxy) is 3. The fourth-order valence-corrected chi connectivity index (χ4v) is 5.68. The molecule has 2 bridgehead atoms. The number of aliphatic hydroxyl groups excluding tert-OH is 1. The van der Waals surface area contributed by atoms with E-state index in [1.807, 2.05) is 12.1 Å². The van der Waals surface area contributed by atoms with Crippen molar-refractivity contribution in [1.82, 2.24) is 20.3 Å². The maximum absolute atomic E-state index is 14.9. The molecule has 3 aromatic rings. The molecule has 4 aliphatic rings. The number of pyridine rings is 3. The average Bonchev–Trinajstić information content (AvgIpc) is 2.96. The number of aromatic nitrogens is 3. The normalized spacial score (nSPS) is 23.8. The van der Waals surface area contributed by atoms with Gasteiger partial charge in [-0.15, -0.1) is 0 Å². The zero-order valence-electron chi connectivity index (χ0n) is 21.7. The second-order valence-corrected chi connectivity index (χ2v) is 10.6. The Kier molecular flexibility index (Phi) is 7.05. The third-order valence-corrected chi connectivity index (χ3v) is 8.07. The van der Waals surface area contributed by atoms with Crippen LogP contribution >= 0.6 is 0 Å². The molecule has 0 unspecified atom stereocenters. The van der Waals surface area contributed by atoms with Gasteiger partial charge in [-0.05, 0) is 56.7 Å². The molecule has 11 heteroatoms. The van der Waals surface area contributed by atoms with Crippen molar-refractivity contribution in [1.29, 1.82) is 0 Å². The highest BCUT2D eigenvalue weighted by atomic mass is 19.1. The highest BCUT2D eigenvalue weighted by Gasteiger charge is 2.49. The van der Waals surface area contributed by atoms with Crippen molar-refractivity contribution in [2.75, 3.05) is 31.7 Å². The lowest BCUT2D eigenvalue weighted by Crippen LogP contribution is -2.61. The summed E-state index contributed by atoms with van der Waals surface area (Å²) in [5.74, 6) is 0.860. The number of carbonyl (C=O) groups is 1. The molecule has 0 radical (unpaired) electrons. The van der Waals surface area contributed by atoms with Crippen LogP contribution in [0.5, 0.6) is 11.6 Å². The molecular weight excluding hydrogens is 505 g/mol. The van der Waals surface area contributed by atoms with Gasteiger partial charge in [-0.2, -0.15) is 0 Å². The Morgan fingerprint density at radius 2 is 2.03 bits per heavy atom. The van der Waals surface area contributed by atoms with Gasteiger partial charge in [-0.25, -0.2) is 14.4 Å². The molecule has 0 spiro atoms. The molecule has 10 nitrogen and oxygen atoms in total. The number of aryl methyl sites for hydroxylation is 1. The van der Waals surface area contributed by atoms with Gasteiger partial charge in [0.15, 0.2) is 18.2 Å². The van der Waals surface area contributed by atoms with E-state index in [1.54, 1.807) is 12.1 Å². The first-order chi connectivity index (χ1) is 19.0. The number of nitrogens with one attached hydrogen (secondary N) is 2. The van der Waals surface area contributed by atoms with Gasteiger partial charge in [0, 0.05) is 36.7 Å². The Morgan fingerprint density at radius 3 is 2.82 bits per heavy atom. The summed E-state index contributed by atoms with van der Waals surface area (Å²) in [5, 5.41) is 15.4. The molecule has 1 aliphatic carbocycles. The average molecular weight is 538 g/mol. The van der Waals surface area contributed by atoms with Crippen LogP contribution in [-0.4, -0.2) is 63.5 Å². The number of anilines is 1. The van der Waals surface area contributed by atoms with Crippen LogP contribution in [0, 0.1) is 5.82 Å². The van der Waals surface area contributed by atoms with E-state index in [0.717, 1.165) is 31.4 Å². The largest absolute Gasteiger partial charge is 0.480 e. The van der Waals surface area contributed by atoms with Gasteiger partial charge in [-0.1, -0.05) is 0 Å². The summed E-state index contributed by atoms with van der Waals surface area (Å²) < 4.78 is 32.4. The molecule has 2 saturated heterocycles. The molecule has 206 valence electrons. The third kappa shape index (κ3) is 5.39. The van der Waals surface area contributed by atoms with Crippen molar-refractivity contribution in [3.05, 3.63) is 47.5 Å². The maximum atomic E-state index is 14.9. The summed E-state index contributed by atoms with van der Waals surface area (Å²) in [6.45, 7) is 1.53. The third-order valence-electron chi connectivity index (χ3n) is 8.07. The zero-order chi connectivity index (χ0) is 26.9. The van der Waals surface area contributed by atoms with Gasteiger partial charge in [0.1, 0.15) is 5.82 Å². The number of rotatable bonds is 10. The first kappa shape index (κ1) is 25.8. The van der Waals surface area contributed by atoms with E-state index in [2.05, 4.69) is 25.6 Å².